The molecule has 2 aliphatic heterocycles. The van der Waals surface area contributed by atoms with Gasteiger partial charge in [0.1, 0.15) is 29.4 Å². The molecule has 2 aromatic carbocycles. The molecule has 0 radical (unpaired) electrons. The van der Waals surface area contributed by atoms with Crippen LogP contribution in [0.3, 0.4) is 0 Å². The first-order chi connectivity index (χ1) is 19.6. The largest absolute Gasteiger partial charge is 0.497 e. The van der Waals surface area contributed by atoms with Gasteiger partial charge in [-0.2, -0.15) is 0 Å². The molecule has 212 valence electrons. The van der Waals surface area contributed by atoms with Gasteiger partial charge in [-0.15, -0.1) is 0 Å². The molecule has 0 aliphatic carbocycles. The Morgan fingerprint density at radius 3 is 2.52 bits per heavy atom. The molecule has 9 heteroatoms. The number of aromatic amines is 1. The maximum atomic E-state index is 13.1. The quantitative estimate of drug-likeness (QED) is 0.290. The van der Waals surface area contributed by atoms with Crippen molar-refractivity contribution in [1.82, 2.24) is 20.1 Å². The van der Waals surface area contributed by atoms with Crippen LogP contribution in [-0.4, -0.2) is 84.3 Å². The lowest BCUT2D eigenvalue weighted by molar-refractivity contribution is 0.0729. The smallest absolute Gasteiger partial charge is 0.267 e. The Morgan fingerprint density at radius 2 is 1.77 bits per heavy atom. The van der Waals surface area contributed by atoms with Gasteiger partial charge in [-0.25, -0.2) is 0 Å². The van der Waals surface area contributed by atoms with E-state index >= 15 is 0 Å². The van der Waals surface area contributed by atoms with E-state index in [1.165, 1.54) is 0 Å². The summed E-state index contributed by atoms with van der Waals surface area (Å²) in [4.78, 5) is 21.3. The summed E-state index contributed by atoms with van der Waals surface area (Å²) in [5.41, 5.74) is 3.11. The molecule has 4 heterocycles. The second-order valence-electron chi connectivity index (χ2n) is 11.0. The van der Waals surface area contributed by atoms with Crippen LogP contribution in [0.1, 0.15) is 41.7 Å². The Hall–Kier alpha value is -3.53. The third kappa shape index (κ3) is 5.96. The molecule has 2 aliphatic rings. The lowest BCUT2D eigenvalue weighted by Gasteiger charge is -2.35. The van der Waals surface area contributed by atoms with Crippen molar-refractivity contribution < 1.29 is 23.8 Å². The van der Waals surface area contributed by atoms with Crippen LogP contribution in [-0.2, 0) is 6.61 Å². The molecule has 0 saturated carbocycles. The predicted octanol–water partition coefficient (Wildman–Crippen LogP) is 4.15. The van der Waals surface area contributed by atoms with Crippen molar-refractivity contribution in [2.45, 2.75) is 44.4 Å². The van der Waals surface area contributed by atoms with Crippen molar-refractivity contribution in [2.24, 2.45) is 0 Å². The van der Waals surface area contributed by atoms with Gasteiger partial charge in [0.05, 0.1) is 19.5 Å². The van der Waals surface area contributed by atoms with Gasteiger partial charge in [0.15, 0.2) is 0 Å². The molecule has 0 atom stereocenters. The highest BCUT2D eigenvalue weighted by Gasteiger charge is 2.23. The maximum Gasteiger partial charge on any atom is 0.267 e. The van der Waals surface area contributed by atoms with Crippen molar-refractivity contribution in [3.63, 3.8) is 0 Å². The zero-order chi connectivity index (χ0) is 27.5. The van der Waals surface area contributed by atoms with E-state index in [4.69, 9.17) is 13.9 Å². The first-order valence-electron chi connectivity index (χ1n) is 14.3. The van der Waals surface area contributed by atoms with E-state index in [0.717, 1.165) is 98.1 Å². The molecule has 2 saturated heterocycles. The minimum absolute atomic E-state index is 0.0812. The number of aromatic nitrogens is 1. The van der Waals surface area contributed by atoms with Crippen LogP contribution in [0.15, 0.2) is 53.1 Å². The van der Waals surface area contributed by atoms with Gasteiger partial charge in [-0.1, -0.05) is 6.07 Å². The van der Waals surface area contributed by atoms with E-state index in [-0.39, 0.29) is 18.1 Å². The van der Waals surface area contributed by atoms with Crippen LogP contribution in [0.2, 0.25) is 0 Å². The number of H-pyrrole nitrogens is 1. The fourth-order valence-electron chi connectivity index (χ4n) is 5.82. The van der Waals surface area contributed by atoms with Crippen molar-refractivity contribution >= 4 is 27.8 Å². The number of furan rings is 1. The van der Waals surface area contributed by atoms with E-state index in [9.17, 15) is 9.90 Å². The van der Waals surface area contributed by atoms with Crippen LogP contribution in [0, 0.1) is 0 Å². The molecule has 6 rings (SSSR count). The van der Waals surface area contributed by atoms with Gasteiger partial charge in [0.25, 0.3) is 5.91 Å². The SMILES string of the molecule is COc1ccc2c(COc3cccc4[nH]c(C(=O)NC5CCN(CCN6CCC(O)CC6)CC5)cc34)coc2c1. The van der Waals surface area contributed by atoms with Crippen molar-refractivity contribution in [2.75, 3.05) is 46.4 Å². The van der Waals surface area contributed by atoms with E-state index in [0.29, 0.717) is 18.1 Å². The zero-order valence-corrected chi connectivity index (χ0v) is 23.0. The molecule has 4 aromatic rings. The summed E-state index contributed by atoms with van der Waals surface area (Å²) < 4.78 is 17.2. The Labute approximate surface area is 234 Å². The Kier molecular flexibility index (Phi) is 7.95. The number of aliphatic hydroxyl groups is 1. The first kappa shape index (κ1) is 26.7. The number of piperidine rings is 2. The molecule has 2 fully saturated rings. The molecular formula is C31H38N4O5. The third-order valence-electron chi connectivity index (χ3n) is 8.33. The van der Waals surface area contributed by atoms with Gasteiger partial charge in [-0.05, 0) is 56.0 Å². The highest BCUT2D eigenvalue weighted by Crippen LogP contribution is 2.30. The van der Waals surface area contributed by atoms with Gasteiger partial charge < -0.3 is 39.1 Å². The summed E-state index contributed by atoms with van der Waals surface area (Å²) in [7, 11) is 1.63. The van der Waals surface area contributed by atoms with Crippen LogP contribution >= 0.6 is 0 Å². The summed E-state index contributed by atoms with van der Waals surface area (Å²) in [6.45, 7) is 6.40. The highest BCUT2D eigenvalue weighted by molar-refractivity contribution is 5.99. The molecule has 0 unspecified atom stereocenters. The zero-order valence-electron chi connectivity index (χ0n) is 23.0. The Morgan fingerprint density at radius 1 is 1.02 bits per heavy atom. The fraction of sp³-hybridized carbons (Fsp3) is 0.452. The summed E-state index contributed by atoms with van der Waals surface area (Å²) >= 11 is 0. The number of fused-ring (bicyclic) bond motifs is 2. The summed E-state index contributed by atoms with van der Waals surface area (Å²) in [5, 5.41) is 14.8. The standard InChI is InChI=1S/C31H38N4O5/c1-38-24-5-6-25-21(20-40-30(25)17-24)19-39-29-4-2-3-27-26(29)18-28(33-27)31(37)32-22-7-11-34(12-8-22)15-16-35-13-9-23(36)10-14-35/h2-6,17-18,20,22-23,33,36H,7-16,19H2,1H3,(H,32,37). The summed E-state index contributed by atoms with van der Waals surface area (Å²) in [6, 6.07) is 13.6. The molecule has 3 N–H and O–H groups in total. The third-order valence-corrected chi connectivity index (χ3v) is 8.33. The van der Waals surface area contributed by atoms with Gasteiger partial charge in [0, 0.05) is 73.2 Å². The molecule has 1 amide bonds. The highest BCUT2D eigenvalue weighted by atomic mass is 16.5. The number of likely N-dealkylation sites (tertiary alicyclic amines) is 2. The number of ether oxygens (including phenoxy) is 2. The molecule has 9 nitrogen and oxygen atoms in total. The number of nitrogens with zero attached hydrogens (tertiary/aromatic N) is 2. The normalized spacial score (nSPS) is 17.9. The average Bonchev–Trinajstić information content (AvgIpc) is 3.61. The minimum Gasteiger partial charge on any atom is -0.497 e. The maximum absolute atomic E-state index is 13.1. The van der Waals surface area contributed by atoms with Crippen molar-refractivity contribution in [3.8, 4) is 11.5 Å². The Bertz CT molecular complexity index is 1450. The minimum atomic E-state index is -0.125. The number of hydrogen-bond acceptors (Lipinski definition) is 7. The van der Waals surface area contributed by atoms with Gasteiger partial charge in [-0.3, -0.25) is 4.79 Å². The van der Waals surface area contributed by atoms with Gasteiger partial charge in [0.2, 0.25) is 0 Å². The number of carbonyl (C=O) groups is 1. The topological polar surface area (TPSA) is 103 Å². The van der Waals surface area contributed by atoms with Gasteiger partial charge >= 0.3 is 0 Å². The molecule has 40 heavy (non-hydrogen) atoms. The Balaban J connectivity index is 1.02. The lowest BCUT2D eigenvalue weighted by Crippen LogP contribution is -2.47. The van der Waals surface area contributed by atoms with Crippen molar-refractivity contribution in [3.05, 3.63) is 60.0 Å². The predicted molar refractivity (Wildman–Crippen MR) is 154 cm³/mol. The number of hydrogen-bond donors (Lipinski definition) is 3. The van der Waals surface area contributed by atoms with Crippen LogP contribution < -0.4 is 14.8 Å². The fourth-order valence-corrected chi connectivity index (χ4v) is 5.82. The number of nitrogens with one attached hydrogen (secondary N) is 2. The van der Waals surface area contributed by atoms with E-state index in [1.807, 2.05) is 42.5 Å². The summed E-state index contributed by atoms with van der Waals surface area (Å²) in [6.07, 6.45) is 5.25. The second kappa shape index (κ2) is 11.9. The van der Waals surface area contributed by atoms with E-state index in [2.05, 4.69) is 20.1 Å². The molecule has 2 aromatic heterocycles. The second-order valence-corrected chi connectivity index (χ2v) is 11.0. The van der Waals surface area contributed by atoms with Crippen LogP contribution in [0.25, 0.3) is 21.9 Å². The number of methoxy groups -OCH3 is 1. The lowest BCUT2D eigenvalue weighted by atomic mass is 10.0. The molecule has 0 spiro atoms. The van der Waals surface area contributed by atoms with E-state index in [1.54, 1.807) is 13.4 Å². The van der Waals surface area contributed by atoms with Crippen LogP contribution in [0.4, 0.5) is 0 Å². The average molecular weight is 547 g/mol. The molecular weight excluding hydrogens is 508 g/mol. The number of aliphatic hydroxyl groups excluding tert-OH is 1. The number of benzene rings is 2. The van der Waals surface area contributed by atoms with E-state index < -0.39 is 0 Å². The summed E-state index contributed by atoms with van der Waals surface area (Å²) in [5.74, 6) is 1.38. The molecule has 0 bridgehead atoms. The number of carbonyl (C=O) groups excluding carboxylic acids is 1. The number of amides is 1. The van der Waals surface area contributed by atoms with Crippen LogP contribution in [0.5, 0.6) is 11.5 Å². The number of rotatable bonds is 9. The van der Waals surface area contributed by atoms with Crippen molar-refractivity contribution in [1.29, 1.82) is 0 Å². The monoisotopic (exact) mass is 546 g/mol. The first-order valence-corrected chi connectivity index (χ1v) is 14.3.